The van der Waals surface area contributed by atoms with Gasteiger partial charge in [0, 0.05) is 38.2 Å². The normalized spacial score (nSPS) is 17.9. The Morgan fingerprint density at radius 3 is 2.64 bits per heavy atom. The predicted molar refractivity (Wildman–Crippen MR) is 102 cm³/mol. The van der Waals surface area contributed by atoms with Gasteiger partial charge in [-0.3, -0.25) is 9.59 Å². The SMILES string of the molecule is CNCC1CCN(C(=O)CCN2C(=O)CCc3ccccc32)CC1.Cl. The van der Waals surface area contributed by atoms with Gasteiger partial charge in [0.15, 0.2) is 0 Å². The van der Waals surface area contributed by atoms with E-state index in [0.717, 1.165) is 44.6 Å². The van der Waals surface area contributed by atoms with Crippen LogP contribution in [0.5, 0.6) is 0 Å². The maximum atomic E-state index is 12.5. The lowest BCUT2D eigenvalue weighted by Crippen LogP contribution is -2.43. The van der Waals surface area contributed by atoms with Crippen molar-refractivity contribution in [1.82, 2.24) is 10.2 Å². The molecule has 0 saturated carbocycles. The maximum absolute atomic E-state index is 12.5. The Hall–Kier alpha value is -1.59. The Balaban J connectivity index is 0.00000225. The Labute approximate surface area is 156 Å². The Morgan fingerprint density at radius 2 is 1.92 bits per heavy atom. The molecule has 2 amide bonds. The zero-order chi connectivity index (χ0) is 16.9. The van der Waals surface area contributed by atoms with Crippen molar-refractivity contribution in [3.8, 4) is 0 Å². The van der Waals surface area contributed by atoms with Gasteiger partial charge in [-0.2, -0.15) is 0 Å². The minimum Gasteiger partial charge on any atom is -0.343 e. The largest absolute Gasteiger partial charge is 0.343 e. The van der Waals surface area contributed by atoms with E-state index in [1.54, 1.807) is 4.90 Å². The molecule has 0 unspecified atom stereocenters. The van der Waals surface area contributed by atoms with E-state index in [1.807, 2.05) is 30.1 Å². The minimum absolute atomic E-state index is 0. The summed E-state index contributed by atoms with van der Waals surface area (Å²) in [6.07, 6.45) is 3.89. The molecule has 2 heterocycles. The van der Waals surface area contributed by atoms with Crippen LogP contribution in [0, 0.1) is 5.92 Å². The highest BCUT2D eigenvalue weighted by Crippen LogP contribution is 2.27. The van der Waals surface area contributed by atoms with Gasteiger partial charge in [-0.15, -0.1) is 12.4 Å². The summed E-state index contributed by atoms with van der Waals surface area (Å²) in [5.41, 5.74) is 2.19. The summed E-state index contributed by atoms with van der Waals surface area (Å²) in [4.78, 5) is 28.5. The first-order chi connectivity index (χ1) is 11.7. The Kier molecular flexibility index (Phi) is 7.26. The van der Waals surface area contributed by atoms with Gasteiger partial charge in [-0.25, -0.2) is 0 Å². The highest BCUT2D eigenvalue weighted by Gasteiger charge is 2.26. The van der Waals surface area contributed by atoms with E-state index in [-0.39, 0.29) is 24.2 Å². The lowest BCUT2D eigenvalue weighted by Gasteiger charge is -2.33. The van der Waals surface area contributed by atoms with Crippen molar-refractivity contribution in [3.05, 3.63) is 29.8 Å². The predicted octanol–water partition coefficient (Wildman–Crippen LogP) is 2.24. The monoisotopic (exact) mass is 365 g/mol. The summed E-state index contributed by atoms with van der Waals surface area (Å²) in [5.74, 6) is 0.984. The van der Waals surface area contributed by atoms with Crippen molar-refractivity contribution < 1.29 is 9.59 Å². The number of fused-ring (bicyclic) bond motifs is 1. The molecule has 2 aliphatic rings. The summed E-state index contributed by atoms with van der Waals surface area (Å²) in [5, 5.41) is 3.22. The number of piperidine rings is 1. The maximum Gasteiger partial charge on any atom is 0.227 e. The summed E-state index contributed by atoms with van der Waals surface area (Å²) in [6, 6.07) is 8.02. The van der Waals surface area contributed by atoms with Gasteiger partial charge in [0.2, 0.25) is 11.8 Å². The molecule has 0 atom stereocenters. The fourth-order valence-electron chi connectivity index (χ4n) is 3.78. The number of carbonyl (C=O) groups is 2. The summed E-state index contributed by atoms with van der Waals surface area (Å²) in [6.45, 7) is 3.21. The number of hydrogen-bond donors (Lipinski definition) is 1. The second-order valence-electron chi connectivity index (χ2n) is 6.81. The lowest BCUT2D eigenvalue weighted by atomic mass is 9.96. The van der Waals surface area contributed by atoms with Gasteiger partial charge < -0.3 is 15.1 Å². The highest BCUT2D eigenvalue weighted by molar-refractivity contribution is 5.97. The average molecular weight is 366 g/mol. The summed E-state index contributed by atoms with van der Waals surface area (Å²) in [7, 11) is 1.98. The first-order valence-electron chi connectivity index (χ1n) is 8.99. The van der Waals surface area contributed by atoms with Gasteiger partial charge in [-0.05, 0) is 50.4 Å². The van der Waals surface area contributed by atoms with Gasteiger partial charge in [0.25, 0.3) is 0 Å². The molecule has 2 aliphatic heterocycles. The van der Waals surface area contributed by atoms with E-state index in [1.165, 1.54) is 5.56 Å². The first kappa shape index (κ1) is 19.7. The molecule has 0 spiro atoms. The van der Waals surface area contributed by atoms with Crippen molar-refractivity contribution >= 4 is 29.9 Å². The summed E-state index contributed by atoms with van der Waals surface area (Å²) >= 11 is 0. The molecule has 1 N–H and O–H groups in total. The number of likely N-dealkylation sites (tertiary alicyclic amines) is 1. The van der Waals surface area contributed by atoms with E-state index in [2.05, 4.69) is 11.4 Å². The second kappa shape index (κ2) is 9.20. The van der Waals surface area contributed by atoms with Crippen LogP contribution in [0.25, 0.3) is 0 Å². The van der Waals surface area contributed by atoms with Crippen molar-refractivity contribution in [3.63, 3.8) is 0 Å². The molecule has 1 saturated heterocycles. The Morgan fingerprint density at radius 1 is 1.20 bits per heavy atom. The third-order valence-electron chi connectivity index (χ3n) is 5.20. The molecule has 138 valence electrons. The van der Waals surface area contributed by atoms with Crippen LogP contribution in [0.3, 0.4) is 0 Å². The number of nitrogens with one attached hydrogen (secondary N) is 1. The molecule has 5 nitrogen and oxygen atoms in total. The quantitative estimate of drug-likeness (QED) is 0.870. The standard InChI is InChI=1S/C19H27N3O2.ClH/c1-20-14-15-8-11-21(12-9-15)18(23)10-13-22-17-5-3-2-4-16(17)6-7-19(22)24;/h2-5,15,20H,6-14H2,1H3;1H. The topological polar surface area (TPSA) is 52.7 Å². The molecule has 1 aromatic carbocycles. The number of nitrogens with zero attached hydrogens (tertiary/aromatic N) is 2. The highest BCUT2D eigenvalue weighted by atomic mass is 35.5. The van der Waals surface area contributed by atoms with Crippen LogP contribution < -0.4 is 10.2 Å². The third kappa shape index (κ3) is 4.73. The van der Waals surface area contributed by atoms with Crippen molar-refractivity contribution in [1.29, 1.82) is 0 Å². The van der Waals surface area contributed by atoms with Crippen LogP contribution in [0.4, 0.5) is 5.69 Å². The molecular weight excluding hydrogens is 338 g/mol. The molecule has 25 heavy (non-hydrogen) atoms. The van der Waals surface area contributed by atoms with Crippen LogP contribution in [-0.2, 0) is 16.0 Å². The van der Waals surface area contributed by atoms with Crippen LogP contribution in [0.15, 0.2) is 24.3 Å². The zero-order valence-electron chi connectivity index (χ0n) is 14.9. The van der Waals surface area contributed by atoms with E-state index in [4.69, 9.17) is 0 Å². The lowest BCUT2D eigenvalue weighted by molar-refractivity contribution is -0.132. The summed E-state index contributed by atoms with van der Waals surface area (Å²) < 4.78 is 0. The number of benzene rings is 1. The van der Waals surface area contributed by atoms with E-state index < -0.39 is 0 Å². The van der Waals surface area contributed by atoms with Gasteiger partial charge in [-0.1, -0.05) is 18.2 Å². The molecule has 3 rings (SSSR count). The van der Waals surface area contributed by atoms with Crippen LogP contribution in [0.2, 0.25) is 0 Å². The van der Waals surface area contributed by atoms with Gasteiger partial charge in [0.05, 0.1) is 0 Å². The van der Waals surface area contributed by atoms with Crippen LogP contribution in [-0.4, -0.2) is 49.9 Å². The van der Waals surface area contributed by atoms with Crippen LogP contribution >= 0.6 is 12.4 Å². The number of hydrogen-bond acceptors (Lipinski definition) is 3. The molecule has 1 fully saturated rings. The van der Waals surface area contributed by atoms with Gasteiger partial charge in [0.1, 0.15) is 0 Å². The molecular formula is C19H28ClN3O2. The van der Waals surface area contributed by atoms with E-state index in [9.17, 15) is 9.59 Å². The smallest absolute Gasteiger partial charge is 0.227 e. The second-order valence-corrected chi connectivity index (χ2v) is 6.81. The molecule has 0 bridgehead atoms. The number of rotatable bonds is 5. The number of anilines is 1. The average Bonchev–Trinajstić information content (AvgIpc) is 2.61. The Bertz CT molecular complexity index is 600. The number of aryl methyl sites for hydroxylation is 1. The zero-order valence-corrected chi connectivity index (χ0v) is 15.7. The number of halogens is 1. The van der Waals surface area contributed by atoms with Crippen molar-refractivity contribution in [2.24, 2.45) is 5.92 Å². The number of para-hydroxylation sites is 1. The molecule has 0 aliphatic carbocycles. The molecule has 1 aromatic rings. The van der Waals surface area contributed by atoms with Crippen molar-refractivity contribution in [2.45, 2.75) is 32.1 Å². The number of amides is 2. The fraction of sp³-hybridized carbons (Fsp3) is 0.579. The fourth-order valence-corrected chi connectivity index (χ4v) is 3.78. The van der Waals surface area contributed by atoms with Crippen LogP contribution in [0.1, 0.15) is 31.2 Å². The molecule has 0 radical (unpaired) electrons. The first-order valence-corrected chi connectivity index (χ1v) is 8.99. The van der Waals surface area contributed by atoms with Crippen molar-refractivity contribution in [2.75, 3.05) is 38.1 Å². The van der Waals surface area contributed by atoms with Gasteiger partial charge >= 0.3 is 0 Å². The number of carbonyl (C=O) groups excluding carboxylic acids is 2. The van der Waals surface area contributed by atoms with E-state index >= 15 is 0 Å². The minimum atomic E-state index is 0. The molecule has 6 heteroatoms. The van der Waals surface area contributed by atoms with E-state index in [0.29, 0.717) is 25.3 Å². The molecule has 0 aromatic heterocycles. The third-order valence-corrected chi connectivity index (χ3v) is 5.20.